The van der Waals surface area contributed by atoms with Crippen LogP contribution >= 0.6 is 0 Å². The molecule has 0 aliphatic heterocycles. The van der Waals surface area contributed by atoms with Gasteiger partial charge in [-0.2, -0.15) is 15.8 Å². The van der Waals surface area contributed by atoms with Gasteiger partial charge in [-0.05, 0) is 74.8 Å². The van der Waals surface area contributed by atoms with Gasteiger partial charge in [0.05, 0.1) is 51.6 Å². The van der Waals surface area contributed by atoms with E-state index < -0.39 is 8.07 Å². The minimum Gasteiger partial charge on any atom is -0.309 e. The molecule has 8 aromatic rings. The molecule has 8 rings (SSSR count). The third kappa shape index (κ3) is 4.80. The first-order valence-electron chi connectivity index (χ1n) is 16.4. The molecule has 0 N–H and O–H groups in total. The van der Waals surface area contributed by atoms with Crippen molar-refractivity contribution in [2.75, 3.05) is 0 Å². The molecular weight excluding hydrogens is 625 g/mol. The molecule has 0 atom stereocenters. The molecule has 0 spiro atoms. The van der Waals surface area contributed by atoms with E-state index in [1.54, 1.807) is 0 Å². The van der Waals surface area contributed by atoms with Crippen LogP contribution < -0.4 is 20.7 Å². The fourth-order valence-electron chi connectivity index (χ4n) is 7.51. The largest absolute Gasteiger partial charge is 0.309 e. The zero-order chi connectivity index (χ0) is 34.1. The zero-order valence-corrected chi connectivity index (χ0v) is 28.0. The summed E-state index contributed by atoms with van der Waals surface area (Å²) in [7, 11) is -3.01. The molecule has 0 saturated carbocycles. The summed E-state index contributed by atoms with van der Waals surface area (Å²) in [6.07, 6.45) is 0. The van der Waals surface area contributed by atoms with Crippen molar-refractivity contribution in [3.63, 3.8) is 0 Å². The lowest BCUT2D eigenvalue weighted by atomic mass is 10.0. The molecular formula is C45H28N4Si. The molecule has 0 radical (unpaired) electrons. The van der Waals surface area contributed by atoms with Crippen LogP contribution in [-0.4, -0.2) is 12.6 Å². The molecule has 1 heterocycles. The number of aromatic nitrogens is 1. The first-order chi connectivity index (χ1) is 24.7. The Morgan fingerprint density at radius 1 is 0.440 bits per heavy atom. The van der Waals surface area contributed by atoms with Gasteiger partial charge >= 0.3 is 0 Å². The fourth-order valence-corrected chi connectivity index (χ4v) is 12.4. The van der Waals surface area contributed by atoms with Gasteiger partial charge in [0, 0.05) is 16.3 Å². The summed E-state index contributed by atoms with van der Waals surface area (Å²) < 4.78 is 2.24. The Labute approximate surface area is 291 Å². The molecule has 0 amide bonds. The molecule has 50 heavy (non-hydrogen) atoms. The van der Waals surface area contributed by atoms with Crippen LogP contribution in [0.3, 0.4) is 0 Å². The topological polar surface area (TPSA) is 76.3 Å². The summed E-state index contributed by atoms with van der Waals surface area (Å²) in [5.41, 5.74) is 6.81. The van der Waals surface area contributed by atoms with E-state index in [0.29, 0.717) is 16.7 Å². The normalized spacial score (nSPS) is 11.1. The molecule has 0 bridgehead atoms. The van der Waals surface area contributed by atoms with Gasteiger partial charge in [0.15, 0.2) is 8.07 Å². The van der Waals surface area contributed by atoms with E-state index in [1.807, 2.05) is 72.8 Å². The minimum atomic E-state index is -3.01. The van der Waals surface area contributed by atoms with Gasteiger partial charge in [-0.15, -0.1) is 0 Å². The van der Waals surface area contributed by atoms with Crippen molar-refractivity contribution in [3.8, 4) is 35.0 Å². The first-order valence-corrected chi connectivity index (χ1v) is 18.4. The number of benzene rings is 7. The quantitative estimate of drug-likeness (QED) is 0.138. The number of para-hydroxylation sites is 1. The average molecular weight is 653 g/mol. The van der Waals surface area contributed by atoms with Gasteiger partial charge in [0.1, 0.15) is 0 Å². The van der Waals surface area contributed by atoms with E-state index in [0.717, 1.165) is 43.8 Å². The lowest BCUT2D eigenvalue weighted by Gasteiger charge is -2.35. The van der Waals surface area contributed by atoms with Crippen molar-refractivity contribution in [2.45, 2.75) is 0 Å². The first kappa shape index (κ1) is 30.4. The highest BCUT2D eigenvalue weighted by Crippen LogP contribution is 2.37. The number of nitriles is 3. The molecule has 5 heteroatoms. The van der Waals surface area contributed by atoms with Crippen molar-refractivity contribution in [3.05, 3.63) is 187 Å². The van der Waals surface area contributed by atoms with E-state index in [1.165, 1.54) is 15.6 Å². The van der Waals surface area contributed by atoms with Crippen LogP contribution in [0, 0.1) is 34.0 Å². The predicted molar refractivity (Wildman–Crippen MR) is 204 cm³/mol. The second kappa shape index (κ2) is 12.6. The smallest absolute Gasteiger partial charge is 0.180 e. The Hall–Kier alpha value is -6.97. The Kier molecular flexibility index (Phi) is 7.63. The molecule has 7 aromatic carbocycles. The standard InChI is InChI=1S/C45H28N4Si/c46-29-32-22-24-43-40(26-32)41-27-33(30-47)23-25-44(41)49(43)42-20-9-8-19-39(42)34-13-11-18-38(28-34)50(36-14-3-1-4-15-36,37-16-5-2-6-17-37)45-21-10-7-12-35(45)31-48/h1-28H. The van der Waals surface area contributed by atoms with Crippen LogP contribution in [0.2, 0.25) is 0 Å². The monoisotopic (exact) mass is 652 g/mol. The van der Waals surface area contributed by atoms with Crippen molar-refractivity contribution >= 4 is 50.6 Å². The Balaban J connectivity index is 1.43. The summed E-state index contributed by atoms with van der Waals surface area (Å²) in [6.45, 7) is 0. The van der Waals surface area contributed by atoms with Gasteiger partial charge in [-0.1, -0.05) is 121 Å². The molecule has 0 fully saturated rings. The number of nitrogens with zero attached hydrogens (tertiary/aromatic N) is 4. The SMILES string of the molecule is N#Cc1ccc2c(c1)c1cc(C#N)ccc1n2-c1ccccc1-c1cccc([Si](c2ccccc2)(c2ccccc2)c2ccccc2C#N)c1. The maximum absolute atomic E-state index is 10.5. The Morgan fingerprint density at radius 2 is 0.980 bits per heavy atom. The molecule has 0 saturated heterocycles. The second-order valence-electron chi connectivity index (χ2n) is 12.3. The molecule has 0 aliphatic carbocycles. The summed E-state index contributed by atoms with van der Waals surface area (Å²) >= 11 is 0. The molecule has 1 aromatic heterocycles. The van der Waals surface area contributed by atoms with Gasteiger partial charge in [-0.25, -0.2) is 0 Å². The summed E-state index contributed by atoms with van der Waals surface area (Å²) in [6, 6.07) is 65.1. The minimum absolute atomic E-state index is 0.570. The van der Waals surface area contributed by atoms with Crippen LogP contribution in [0.15, 0.2) is 170 Å². The van der Waals surface area contributed by atoms with Crippen LogP contribution in [0.5, 0.6) is 0 Å². The van der Waals surface area contributed by atoms with E-state index >= 15 is 0 Å². The number of hydrogen-bond donors (Lipinski definition) is 0. The van der Waals surface area contributed by atoms with E-state index in [9.17, 15) is 15.8 Å². The third-order valence-electron chi connectivity index (χ3n) is 9.64. The lowest BCUT2D eigenvalue weighted by Crippen LogP contribution is -2.75. The fraction of sp³-hybridized carbons (Fsp3) is 0. The number of hydrogen-bond acceptors (Lipinski definition) is 3. The van der Waals surface area contributed by atoms with Crippen LogP contribution in [0.25, 0.3) is 38.6 Å². The van der Waals surface area contributed by atoms with Crippen molar-refractivity contribution in [2.24, 2.45) is 0 Å². The van der Waals surface area contributed by atoms with Gasteiger partial charge in [0.2, 0.25) is 0 Å². The average Bonchev–Trinajstić information content (AvgIpc) is 3.52. The maximum atomic E-state index is 10.5. The summed E-state index contributed by atoms with van der Waals surface area (Å²) in [5.74, 6) is 0. The summed E-state index contributed by atoms with van der Waals surface area (Å²) in [4.78, 5) is 0. The van der Waals surface area contributed by atoms with Gasteiger partial charge < -0.3 is 4.57 Å². The highest BCUT2D eigenvalue weighted by Gasteiger charge is 2.43. The van der Waals surface area contributed by atoms with Crippen molar-refractivity contribution in [1.82, 2.24) is 4.57 Å². The maximum Gasteiger partial charge on any atom is 0.180 e. The summed E-state index contributed by atoms with van der Waals surface area (Å²) in [5, 5.41) is 36.4. The zero-order valence-electron chi connectivity index (χ0n) is 27.0. The van der Waals surface area contributed by atoms with Crippen molar-refractivity contribution < 1.29 is 0 Å². The molecule has 0 unspecified atom stereocenters. The van der Waals surface area contributed by atoms with Crippen LogP contribution in [0.4, 0.5) is 0 Å². The predicted octanol–water partition coefficient (Wildman–Crippen LogP) is 7.44. The van der Waals surface area contributed by atoms with Gasteiger partial charge in [-0.3, -0.25) is 0 Å². The molecule has 0 aliphatic rings. The number of rotatable bonds is 6. The van der Waals surface area contributed by atoms with Crippen molar-refractivity contribution in [1.29, 1.82) is 15.8 Å². The number of fused-ring (bicyclic) bond motifs is 3. The molecule has 232 valence electrons. The molecule has 4 nitrogen and oxygen atoms in total. The lowest BCUT2D eigenvalue weighted by molar-refractivity contribution is 1.18. The second-order valence-corrected chi connectivity index (χ2v) is 16.0. The van der Waals surface area contributed by atoms with E-state index in [4.69, 9.17) is 0 Å². The Morgan fingerprint density at radius 3 is 1.58 bits per heavy atom. The van der Waals surface area contributed by atoms with Gasteiger partial charge in [0.25, 0.3) is 0 Å². The van der Waals surface area contributed by atoms with E-state index in [-0.39, 0.29) is 0 Å². The van der Waals surface area contributed by atoms with E-state index in [2.05, 4.69) is 120 Å². The third-order valence-corrected chi connectivity index (χ3v) is 14.5. The van der Waals surface area contributed by atoms with Crippen LogP contribution in [0.1, 0.15) is 16.7 Å². The highest BCUT2D eigenvalue weighted by atomic mass is 28.3. The Bertz CT molecular complexity index is 2580. The highest BCUT2D eigenvalue weighted by molar-refractivity contribution is 7.20. The van der Waals surface area contributed by atoms with Crippen LogP contribution in [-0.2, 0) is 0 Å².